The number of para-hydroxylation sites is 1. The van der Waals surface area contributed by atoms with Crippen LogP contribution in [0.1, 0.15) is 30.1 Å². The molecule has 2 aliphatic heterocycles. The SMILES string of the molecule is CC(OC(=O)C12CCC(=O)N1c1ccccc1S2)C(=O)c1cccc(Cl)c1. The minimum atomic E-state index is -1.14. The van der Waals surface area contributed by atoms with Crippen molar-refractivity contribution in [2.75, 3.05) is 4.90 Å². The van der Waals surface area contributed by atoms with Gasteiger partial charge in [-0.15, -0.1) is 0 Å². The Morgan fingerprint density at radius 3 is 2.78 bits per heavy atom. The molecule has 2 atom stereocenters. The van der Waals surface area contributed by atoms with E-state index >= 15 is 0 Å². The van der Waals surface area contributed by atoms with Crippen molar-refractivity contribution in [2.45, 2.75) is 35.6 Å². The molecule has 5 nitrogen and oxygen atoms in total. The first-order valence-corrected chi connectivity index (χ1v) is 9.74. The predicted molar refractivity (Wildman–Crippen MR) is 103 cm³/mol. The molecule has 2 aliphatic rings. The van der Waals surface area contributed by atoms with E-state index in [1.54, 1.807) is 18.2 Å². The van der Waals surface area contributed by atoms with Crippen LogP contribution in [0.15, 0.2) is 53.4 Å². The normalized spacial score (nSPS) is 21.6. The predicted octanol–water partition coefficient (Wildman–Crippen LogP) is 4.08. The van der Waals surface area contributed by atoms with E-state index in [2.05, 4.69) is 0 Å². The lowest BCUT2D eigenvalue weighted by Gasteiger charge is -2.29. The molecule has 1 saturated heterocycles. The van der Waals surface area contributed by atoms with Crippen molar-refractivity contribution in [2.24, 2.45) is 0 Å². The van der Waals surface area contributed by atoms with Crippen LogP contribution in [0.4, 0.5) is 5.69 Å². The maximum atomic E-state index is 13.1. The lowest BCUT2D eigenvalue weighted by Crippen LogP contribution is -2.49. The number of esters is 1. The van der Waals surface area contributed by atoms with Gasteiger partial charge in [0.2, 0.25) is 11.7 Å². The Kier molecular flexibility index (Phi) is 4.48. The molecule has 4 rings (SSSR count). The number of halogens is 1. The van der Waals surface area contributed by atoms with Crippen LogP contribution in [0, 0.1) is 0 Å². The van der Waals surface area contributed by atoms with Gasteiger partial charge in [0.05, 0.1) is 5.69 Å². The van der Waals surface area contributed by atoms with Gasteiger partial charge in [-0.05, 0) is 31.2 Å². The van der Waals surface area contributed by atoms with Gasteiger partial charge < -0.3 is 4.74 Å². The smallest absolute Gasteiger partial charge is 0.344 e. The quantitative estimate of drug-likeness (QED) is 0.570. The van der Waals surface area contributed by atoms with E-state index in [1.165, 1.54) is 29.7 Å². The number of rotatable bonds is 4. The van der Waals surface area contributed by atoms with Crippen LogP contribution in [0.5, 0.6) is 0 Å². The van der Waals surface area contributed by atoms with Crippen LogP contribution in [-0.2, 0) is 14.3 Å². The van der Waals surface area contributed by atoms with Gasteiger partial charge in [-0.3, -0.25) is 14.5 Å². The van der Waals surface area contributed by atoms with Crippen molar-refractivity contribution >= 4 is 46.7 Å². The average molecular weight is 402 g/mol. The number of anilines is 1. The van der Waals surface area contributed by atoms with Gasteiger partial charge in [-0.2, -0.15) is 0 Å². The van der Waals surface area contributed by atoms with Gasteiger partial charge in [-0.25, -0.2) is 4.79 Å². The zero-order chi connectivity index (χ0) is 19.2. The summed E-state index contributed by atoms with van der Waals surface area (Å²) in [7, 11) is 0. The van der Waals surface area contributed by atoms with Gasteiger partial charge in [0.25, 0.3) is 0 Å². The molecule has 0 aliphatic carbocycles. The van der Waals surface area contributed by atoms with E-state index in [9.17, 15) is 14.4 Å². The fraction of sp³-hybridized carbons (Fsp3) is 0.250. The maximum absolute atomic E-state index is 13.1. The first-order chi connectivity index (χ1) is 12.9. The number of fused-ring (bicyclic) bond motifs is 3. The van der Waals surface area contributed by atoms with Crippen molar-refractivity contribution in [3.63, 3.8) is 0 Å². The minimum Gasteiger partial charge on any atom is -0.452 e. The van der Waals surface area contributed by atoms with Crippen molar-refractivity contribution in [3.8, 4) is 0 Å². The van der Waals surface area contributed by atoms with E-state index in [4.69, 9.17) is 16.3 Å². The van der Waals surface area contributed by atoms with E-state index in [0.29, 0.717) is 17.0 Å². The summed E-state index contributed by atoms with van der Waals surface area (Å²) < 4.78 is 5.53. The Hall–Kier alpha value is -2.31. The van der Waals surface area contributed by atoms with Crippen molar-refractivity contribution in [3.05, 3.63) is 59.1 Å². The molecule has 0 spiro atoms. The third-order valence-electron chi connectivity index (χ3n) is 4.75. The van der Waals surface area contributed by atoms with Crippen LogP contribution in [0.2, 0.25) is 5.02 Å². The molecule has 2 unspecified atom stereocenters. The number of hydrogen-bond acceptors (Lipinski definition) is 5. The Morgan fingerprint density at radius 1 is 1.22 bits per heavy atom. The van der Waals surface area contributed by atoms with Crippen LogP contribution in [0.3, 0.4) is 0 Å². The first kappa shape index (κ1) is 18.1. The second-order valence-corrected chi connectivity index (χ2v) is 8.26. The fourth-order valence-electron chi connectivity index (χ4n) is 3.45. The van der Waals surface area contributed by atoms with Gasteiger partial charge in [-0.1, -0.05) is 47.6 Å². The highest BCUT2D eigenvalue weighted by molar-refractivity contribution is 8.02. The van der Waals surface area contributed by atoms with Crippen LogP contribution < -0.4 is 4.90 Å². The molecule has 27 heavy (non-hydrogen) atoms. The summed E-state index contributed by atoms with van der Waals surface area (Å²) in [5.41, 5.74) is 1.10. The molecule has 138 valence electrons. The molecule has 0 bridgehead atoms. The zero-order valence-corrected chi connectivity index (χ0v) is 16.0. The monoisotopic (exact) mass is 401 g/mol. The van der Waals surface area contributed by atoms with Gasteiger partial charge in [0, 0.05) is 28.3 Å². The number of amides is 1. The van der Waals surface area contributed by atoms with E-state index in [1.807, 2.05) is 24.3 Å². The van der Waals surface area contributed by atoms with Crippen molar-refractivity contribution < 1.29 is 19.1 Å². The summed E-state index contributed by atoms with van der Waals surface area (Å²) in [4.78, 5) is 39.3. The lowest BCUT2D eigenvalue weighted by molar-refractivity contribution is -0.149. The highest BCUT2D eigenvalue weighted by Gasteiger charge is 2.58. The Morgan fingerprint density at radius 2 is 2.00 bits per heavy atom. The summed E-state index contributed by atoms with van der Waals surface area (Å²) in [6.45, 7) is 1.53. The summed E-state index contributed by atoms with van der Waals surface area (Å²) in [6, 6.07) is 13.9. The largest absolute Gasteiger partial charge is 0.452 e. The minimum absolute atomic E-state index is 0.113. The number of ketones is 1. The highest BCUT2D eigenvalue weighted by atomic mass is 35.5. The first-order valence-electron chi connectivity index (χ1n) is 8.54. The van der Waals surface area contributed by atoms with Crippen LogP contribution in [-0.4, -0.2) is 28.6 Å². The number of thioether (sulfide) groups is 1. The Bertz CT molecular complexity index is 963. The number of Topliss-reactive ketones (excluding diaryl/α,β-unsaturated/α-hetero) is 1. The van der Waals surface area contributed by atoms with Crippen LogP contribution in [0.25, 0.3) is 0 Å². The topological polar surface area (TPSA) is 63.7 Å². The third-order valence-corrected chi connectivity index (χ3v) is 6.45. The molecule has 0 aromatic heterocycles. The van der Waals surface area contributed by atoms with Gasteiger partial charge in [0.15, 0.2) is 11.0 Å². The Labute approximate surface area is 165 Å². The number of benzene rings is 2. The molecule has 2 heterocycles. The highest BCUT2D eigenvalue weighted by Crippen LogP contribution is 2.56. The molecular formula is C20H16ClNO4S. The van der Waals surface area contributed by atoms with E-state index in [0.717, 1.165) is 10.6 Å². The molecule has 1 amide bonds. The molecule has 0 radical (unpaired) electrons. The van der Waals surface area contributed by atoms with Crippen molar-refractivity contribution in [1.82, 2.24) is 0 Å². The molecule has 2 aromatic rings. The summed E-state index contributed by atoms with van der Waals surface area (Å²) in [5, 5.41) is 0.437. The molecule has 1 fully saturated rings. The Balaban J connectivity index is 1.58. The second-order valence-electron chi connectivity index (χ2n) is 6.51. The summed E-state index contributed by atoms with van der Waals surface area (Å²) >= 11 is 7.25. The van der Waals surface area contributed by atoms with Gasteiger partial charge in [0.1, 0.15) is 0 Å². The number of carbonyl (C=O) groups is 3. The van der Waals surface area contributed by atoms with Crippen LogP contribution >= 0.6 is 23.4 Å². The number of ether oxygens (including phenoxy) is 1. The zero-order valence-electron chi connectivity index (χ0n) is 14.5. The fourth-order valence-corrected chi connectivity index (χ4v) is 5.05. The molecule has 2 aromatic carbocycles. The number of hydrogen-bond donors (Lipinski definition) is 0. The van der Waals surface area contributed by atoms with Gasteiger partial charge >= 0.3 is 5.97 Å². The summed E-state index contributed by atoms with van der Waals surface area (Å²) in [5.74, 6) is -1.02. The molecule has 7 heteroatoms. The maximum Gasteiger partial charge on any atom is 0.344 e. The molecule has 0 N–H and O–H groups in total. The summed E-state index contributed by atoms with van der Waals surface area (Å²) in [6.07, 6.45) is -0.359. The lowest BCUT2D eigenvalue weighted by atomic mass is 10.1. The molecule has 0 saturated carbocycles. The molecular weight excluding hydrogens is 386 g/mol. The number of nitrogens with zero attached hydrogens (tertiary/aromatic N) is 1. The van der Waals surface area contributed by atoms with E-state index < -0.39 is 16.9 Å². The van der Waals surface area contributed by atoms with E-state index in [-0.39, 0.29) is 18.1 Å². The van der Waals surface area contributed by atoms with Crippen molar-refractivity contribution in [1.29, 1.82) is 0 Å². The average Bonchev–Trinajstić information content (AvgIpc) is 3.17. The third kappa shape index (κ3) is 2.93. The second kappa shape index (κ2) is 6.69. The number of carbonyl (C=O) groups excluding carboxylic acids is 3. The standard InChI is InChI=1S/C20H16ClNO4S/c1-12(18(24)13-5-4-6-14(21)11-13)26-19(25)20-10-9-17(23)22(20)15-7-2-3-8-16(15)27-20/h2-8,11-12H,9-10H2,1H3.